The zero-order valence-corrected chi connectivity index (χ0v) is 13.1. The number of aryl methyl sites for hydroxylation is 1. The molecule has 0 saturated carbocycles. The molecule has 0 aliphatic heterocycles. The van der Waals surface area contributed by atoms with Gasteiger partial charge in [0, 0.05) is 40.5 Å². The summed E-state index contributed by atoms with van der Waals surface area (Å²) in [6.45, 7) is 3.31. The molecule has 1 rings (SSSR count). The van der Waals surface area contributed by atoms with Gasteiger partial charge in [0.1, 0.15) is 12.2 Å². The van der Waals surface area contributed by atoms with Crippen LogP contribution in [-0.4, -0.2) is 67.1 Å². The van der Waals surface area contributed by atoms with Gasteiger partial charge in [0.15, 0.2) is 0 Å². The zero-order chi connectivity index (χ0) is 16.0. The molecule has 118 valence electrons. The summed E-state index contributed by atoms with van der Waals surface area (Å²) in [6.07, 6.45) is 1.72. The number of aromatic nitrogens is 1. The summed E-state index contributed by atoms with van der Waals surface area (Å²) in [4.78, 5) is 27.4. The minimum Gasteiger partial charge on any atom is -0.397 e. The smallest absolute Gasteiger partial charge is 0.271 e. The van der Waals surface area contributed by atoms with Crippen molar-refractivity contribution < 1.29 is 14.3 Å². The number of anilines is 1. The number of hydrogen-bond donors (Lipinski definition) is 1. The second kappa shape index (κ2) is 7.68. The van der Waals surface area contributed by atoms with Crippen LogP contribution in [0.4, 0.5) is 5.69 Å². The Labute approximate surface area is 125 Å². The number of carbonyl (C=O) groups is 2. The van der Waals surface area contributed by atoms with E-state index in [4.69, 9.17) is 10.5 Å². The molecule has 0 radical (unpaired) electrons. The maximum atomic E-state index is 12.6. The van der Waals surface area contributed by atoms with Crippen molar-refractivity contribution in [2.24, 2.45) is 0 Å². The van der Waals surface area contributed by atoms with Crippen LogP contribution in [0.3, 0.4) is 0 Å². The largest absolute Gasteiger partial charge is 0.397 e. The van der Waals surface area contributed by atoms with Gasteiger partial charge in [0.25, 0.3) is 5.91 Å². The Morgan fingerprint density at radius 2 is 2.05 bits per heavy atom. The fourth-order valence-electron chi connectivity index (χ4n) is 1.89. The number of carbonyl (C=O) groups excluding carboxylic acids is 2. The summed E-state index contributed by atoms with van der Waals surface area (Å²) < 4.78 is 6.79. The highest BCUT2D eigenvalue weighted by Crippen LogP contribution is 2.13. The first kappa shape index (κ1) is 17.0. The van der Waals surface area contributed by atoms with E-state index in [-0.39, 0.29) is 18.4 Å². The van der Waals surface area contributed by atoms with Crippen molar-refractivity contribution in [3.63, 3.8) is 0 Å². The molecule has 21 heavy (non-hydrogen) atoms. The van der Waals surface area contributed by atoms with E-state index in [0.29, 0.717) is 31.1 Å². The molecule has 0 spiro atoms. The van der Waals surface area contributed by atoms with Crippen LogP contribution in [0.1, 0.15) is 17.4 Å². The molecule has 7 nitrogen and oxygen atoms in total. The average Bonchev–Trinajstić information content (AvgIpc) is 2.83. The number of rotatable bonds is 7. The molecular weight excluding hydrogens is 272 g/mol. The van der Waals surface area contributed by atoms with Gasteiger partial charge in [-0.3, -0.25) is 9.59 Å². The highest BCUT2D eigenvalue weighted by atomic mass is 16.5. The highest BCUT2D eigenvalue weighted by molar-refractivity contribution is 5.96. The molecule has 0 aliphatic rings. The monoisotopic (exact) mass is 296 g/mol. The van der Waals surface area contributed by atoms with E-state index in [1.54, 1.807) is 38.0 Å². The number of nitrogen functional groups attached to an aromatic ring is 1. The van der Waals surface area contributed by atoms with Gasteiger partial charge in [0.2, 0.25) is 5.91 Å². The van der Waals surface area contributed by atoms with Gasteiger partial charge in [-0.1, -0.05) is 0 Å². The average molecular weight is 296 g/mol. The number of methoxy groups -OCH3 is 1. The summed E-state index contributed by atoms with van der Waals surface area (Å²) in [6, 6.07) is 1.63. The highest BCUT2D eigenvalue weighted by Gasteiger charge is 2.22. The first-order valence-corrected chi connectivity index (χ1v) is 6.84. The van der Waals surface area contributed by atoms with E-state index < -0.39 is 0 Å². The molecule has 1 aromatic rings. The molecule has 0 bridgehead atoms. The predicted molar refractivity (Wildman–Crippen MR) is 81.0 cm³/mol. The lowest BCUT2D eigenvalue weighted by atomic mass is 10.3. The normalized spacial score (nSPS) is 10.5. The molecule has 2 amide bonds. The zero-order valence-electron chi connectivity index (χ0n) is 13.1. The van der Waals surface area contributed by atoms with Gasteiger partial charge in [-0.2, -0.15) is 0 Å². The van der Waals surface area contributed by atoms with Gasteiger partial charge in [-0.15, -0.1) is 0 Å². The molecule has 2 N–H and O–H groups in total. The van der Waals surface area contributed by atoms with Crippen LogP contribution in [-0.2, 0) is 16.1 Å². The SMILES string of the molecule is CCn1cc(N)cc1C(=O)N(CCOC)CC(=O)N(C)C. The van der Waals surface area contributed by atoms with Crippen LogP contribution in [0.15, 0.2) is 12.3 Å². The molecule has 0 fully saturated rings. The predicted octanol–water partition coefficient (Wildman–Crippen LogP) is 0.267. The lowest BCUT2D eigenvalue weighted by Crippen LogP contribution is -2.42. The fourth-order valence-corrected chi connectivity index (χ4v) is 1.89. The maximum Gasteiger partial charge on any atom is 0.271 e. The third-order valence-corrected chi connectivity index (χ3v) is 3.15. The Morgan fingerprint density at radius 3 is 2.57 bits per heavy atom. The second-order valence-corrected chi connectivity index (χ2v) is 4.95. The van der Waals surface area contributed by atoms with E-state index in [1.165, 1.54) is 9.80 Å². The minimum absolute atomic E-state index is 0.0178. The van der Waals surface area contributed by atoms with E-state index in [0.717, 1.165) is 0 Å². The number of nitrogens with two attached hydrogens (primary N) is 1. The van der Waals surface area contributed by atoms with Crippen LogP contribution in [0, 0.1) is 0 Å². The Morgan fingerprint density at radius 1 is 1.38 bits per heavy atom. The maximum absolute atomic E-state index is 12.6. The minimum atomic E-state index is -0.221. The van der Waals surface area contributed by atoms with Gasteiger partial charge >= 0.3 is 0 Å². The molecule has 1 heterocycles. The second-order valence-electron chi connectivity index (χ2n) is 4.95. The number of hydrogen-bond acceptors (Lipinski definition) is 4. The van der Waals surface area contributed by atoms with Gasteiger partial charge in [0.05, 0.1) is 12.3 Å². The molecule has 0 unspecified atom stereocenters. The van der Waals surface area contributed by atoms with Crippen LogP contribution in [0.5, 0.6) is 0 Å². The van der Waals surface area contributed by atoms with Crippen LogP contribution >= 0.6 is 0 Å². The van der Waals surface area contributed by atoms with Crippen molar-refractivity contribution in [3.05, 3.63) is 18.0 Å². The molecule has 0 aromatic carbocycles. The molecule has 1 aromatic heterocycles. The number of ether oxygens (including phenoxy) is 1. The van der Waals surface area contributed by atoms with Gasteiger partial charge in [-0.25, -0.2) is 0 Å². The van der Waals surface area contributed by atoms with Crippen molar-refractivity contribution in [2.75, 3.05) is 46.6 Å². The topological polar surface area (TPSA) is 80.8 Å². The van der Waals surface area contributed by atoms with Crippen molar-refractivity contribution >= 4 is 17.5 Å². The molecule has 7 heteroatoms. The van der Waals surface area contributed by atoms with Crippen LogP contribution in [0.2, 0.25) is 0 Å². The van der Waals surface area contributed by atoms with Crippen LogP contribution < -0.4 is 5.73 Å². The van der Waals surface area contributed by atoms with E-state index in [1.807, 2.05) is 6.92 Å². The number of amides is 2. The van der Waals surface area contributed by atoms with Crippen LogP contribution in [0.25, 0.3) is 0 Å². The molecular formula is C14H24N4O3. The quantitative estimate of drug-likeness (QED) is 0.783. The van der Waals surface area contributed by atoms with E-state index in [9.17, 15) is 9.59 Å². The first-order chi connectivity index (χ1) is 9.90. The standard InChI is InChI=1S/C14H24N4O3/c1-5-17-9-11(15)8-12(17)14(20)18(6-7-21-4)10-13(19)16(2)3/h8-9H,5-7,10,15H2,1-4H3. The summed E-state index contributed by atoms with van der Waals surface area (Å²) in [5.41, 5.74) is 6.77. The summed E-state index contributed by atoms with van der Waals surface area (Å²) in [5, 5.41) is 0. The molecule has 0 atom stereocenters. The molecule has 0 aliphatic carbocycles. The Hall–Kier alpha value is -2.02. The summed E-state index contributed by atoms with van der Waals surface area (Å²) >= 11 is 0. The number of likely N-dealkylation sites (N-methyl/N-ethyl adjacent to an activating group) is 1. The summed E-state index contributed by atoms with van der Waals surface area (Å²) in [7, 11) is 4.88. The third kappa shape index (κ3) is 4.49. The Bertz CT molecular complexity index is 496. The van der Waals surface area contributed by atoms with Crippen molar-refractivity contribution in [1.82, 2.24) is 14.4 Å². The third-order valence-electron chi connectivity index (χ3n) is 3.15. The summed E-state index contributed by atoms with van der Waals surface area (Å²) in [5.74, 6) is -0.358. The van der Waals surface area contributed by atoms with Gasteiger partial charge in [-0.05, 0) is 13.0 Å². The first-order valence-electron chi connectivity index (χ1n) is 6.84. The van der Waals surface area contributed by atoms with E-state index in [2.05, 4.69) is 0 Å². The Balaban J connectivity index is 2.95. The fraction of sp³-hybridized carbons (Fsp3) is 0.571. The Kier molecular flexibility index (Phi) is 6.23. The van der Waals surface area contributed by atoms with Gasteiger partial charge < -0.3 is 24.8 Å². The van der Waals surface area contributed by atoms with E-state index >= 15 is 0 Å². The lowest BCUT2D eigenvalue weighted by Gasteiger charge is -2.24. The van der Waals surface area contributed by atoms with Crippen molar-refractivity contribution in [1.29, 1.82) is 0 Å². The van der Waals surface area contributed by atoms with Crippen molar-refractivity contribution in [2.45, 2.75) is 13.5 Å². The van der Waals surface area contributed by atoms with Crippen molar-refractivity contribution in [3.8, 4) is 0 Å². The number of nitrogens with zero attached hydrogens (tertiary/aromatic N) is 3. The lowest BCUT2D eigenvalue weighted by molar-refractivity contribution is -0.129. The molecule has 0 saturated heterocycles.